The number of aryl methyl sites for hydroxylation is 2. The Hall–Kier alpha value is -2.27. The van der Waals surface area contributed by atoms with Gasteiger partial charge in [-0.3, -0.25) is 0 Å². The Kier molecular flexibility index (Phi) is 5.45. The molecule has 2 rings (SSSR count). The van der Waals surface area contributed by atoms with Gasteiger partial charge in [0.2, 0.25) is 0 Å². The highest BCUT2D eigenvalue weighted by molar-refractivity contribution is 8.00. The van der Waals surface area contributed by atoms with E-state index in [4.69, 9.17) is 5.73 Å². The summed E-state index contributed by atoms with van der Waals surface area (Å²) in [7, 11) is 0. The van der Waals surface area contributed by atoms with Crippen LogP contribution >= 0.6 is 11.9 Å². The summed E-state index contributed by atoms with van der Waals surface area (Å²) in [6.07, 6.45) is 2.56. The molecule has 23 heavy (non-hydrogen) atoms. The maximum absolute atomic E-state index is 14.5. The zero-order valence-corrected chi connectivity index (χ0v) is 13.8. The molecule has 120 valence electrons. The number of halogens is 2. The van der Waals surface area contributed by atoms with Crippen LogP contribution in [0.3, 0.4) is 0 Å². The normalized spacial score (nSPS) is 11.0. The monoisotopic (exact) mass is 332 g/mol. The Labute approximate surface area is 139 Å². The van der Waals surface area contributed by atoms with Crippen molar-refractivity contribution in [3.05, 3.63) is 77.5 Å². The molecule has 5 heteroatoms. The van der Waals surface area contributed by atoms with Crippen LogP contribution in [0.25, 0.3) is 5.57 Å². The first-order valence-electron chi connectivity index (χ1n) is 6.99. The van der Waals surface area contributed by atoms with E-state index >= 15 is 0 Å². The number of rotatable bonds is 5. The molecule has 0 aliphatic heterocycles. The molecule has 0 amide bonds. The summed E-state index contributed by atoms with van der Waals surface area (Å²) in [6, 6.07) is 8.61. The van der Waals surface area contributed by atoms with E-state index < -0.39 is 11.6 Å². The Balaban J connectivity index is 2.27. The summed E-state index contributed by atoms with van der Waals surface area (Å²) in [5.41, 5.74) is 7.70. The Morgan fingerprint density at radius 2 is 1.83 bits per heavy atom. The van der Waals surface area contributed by atoms with Crippen LogP contribution < -0.4 is 10.5 Å². The minimum absolute atomic E-state index is 0.183. The summed E-state index contributed by atoms with van der Waals surface area (Å²) in [5.74, 6) is -1.36. The fourth-order valence-corrected chi connectivity index (χ4v) is 3.11. The van der Waals surface area contributed by atoms with Gasteiger partial charge in [0.05, 0.1) is 11.3 Å². The first-order chi connectivity index (χ1) is 10.9. The van der Waals surface area contributed by atoms with Crippen LogP contribution in [0, 0.1) is 25.5 Å². The second-order valence-electron chi connectivity index (χ2n) is 5.20. The topological polar surface area (TPSA) is 38.0 Å². The van der Waals surface area contributed by atoms with Gasteiger partial charge in [0.1, 0.15) is 5.82 Å². The minimum Gasteiger partial charge on any atom is -0.405 e. The van der Waals surface area contributed by atoms with Crippen molar-refractivity contribution < 1.29 is 8.78 Å². The molecule has 2 nitrogen and oxygen atoms in total. The fourth-order valence-electron chi connectivity index (χ4n) is 2.23. The number of nitrogens with one attached hydrogen (secondary N) is 1. The maximum atomic E-state index is 14.5. The van der Waals surface area contributed by atoms with E-state index in [1.54, 1.807) is 0 Å². The predicted octanol–water partition coefficient (Wildman–Crippen LogP) is 5.19. The molecule has 0 radical (unpaired) electrons. The van der Waals surface area contributed by atoms with Crippen molar-refractivity contribution in [2.75, 3.05) is 4.72 Å². The van der Waals surface area contributed by atoms with Crippen LogP contribution in [0.1, 0.15) is 16.7 Å². The zero-order valence-electron chi connectivity index (χ0n) is 13.0. The van der Waals surface area contributed by atoms with Gasteiger partial charge in [0, 0.05) is 4.90 Å². The quantitative estimate of drug-likeness (QED) is 0.585. The first kappa shape index (κ1) is 17.1. The van der Waals surface area contributed by atoms with Crippen LogP contribution in [0.5, 0.6) is 0 Å². The molecule has 0 aliphatic carbocycles. The molecule has 2 aromatic carbocycles. The van der Waals surface area contributed by atoms with Gasteiger partial charge in [0.25, 0.3) is 0 Å². The number of hydrogen-bond donors (Lipinski definition) is 2. The Morgan fingerprint density at radius 3 is 2.43 bits per heavy atom. The molecule has 0 aromatic heterocycles. The van der Waals surface area contributed by atoms with Gasteiger partial charge >= 0.3 is 0 Å². The third kappa shape index (κ3) is 4.13. The third-order valence-corrected chi connectivity index (χ3v) is 3.98. The standard InChI is InChI=1S/C18H18F2N2S/c1-11-8-12(2)10-14(9-11)23-22-16-5-4-15(19)17(18(16)20)13(3)6-7-21/h4-10,22H,3,21H2,1-2H3/b7-6+. The molecule has 0 atom stereocenters. The van der Waals surface area contributed by atoms with E-state index in [0.717, 1.165) is 16.0 Å². The number of hydrogen-bond acceptors (Lipinski definition) is 3. The molecule has 2 aromatic rings. The fraction of sp³-hybridized carbons (Fsp3) is 0.111. The Morgan fingerprint density at radius 1 is 1.17 bits per heavy atom. The molecule has 0 spiro atoms. The average molecular weight is 332 g/mol. The highest BCUT2D eigenvalue weighted by atomic mass is 32.2. The lowest BCUT2D eigenvalue weighted by molar-refractivity contribution is 0.580. The van der Waals surface area contributed by atoms with Gasteiger partial charge < -0.3 is 10.5 Å². The van der Waals surface area contributed by atoms with Crippen molar-refractivity contribution in [3.63, 3.8) is 0 Å². The maximum Gasteiger partial charge on any atom is 0.157 e. The van der Waals surface area contributed by atoms with Crippen LogP contribution in [-0.4, -0.2) is 0 Å². The highest BCUT2D eigenvalue weighted by Crippen LogP contribution is 2.30. The van der Waals surface area contributed by atoms with Crippen molar-refractivity contribution in [2.24, 2.45) is 5.73 Å². The number of benzene rings is 2. The second-order valence-corrected chi connectivity index (χ2v) is 6.08. The molecule has 3 N–H and O–H groups in total. The molecule has 0 unspecified atom stereocenters. The molecule has 0 heterocycles. The van der Waals surface area contributed by atoms with Gasteiger partial charge in [-0.25, -0.2) is 8.78 Å². The highest BCUT2D eigenvalue weighted by Gasteiger charge is 2.15. The van der Waals surface area contributed by atoms with Crippen molar-refractivity contribution in [2.45, 2.75) is 18.7 Å². The number of nitrogens with two attached hydrogens (primary N) is 1. The van der Waals surface area contributed by atoms with E-state index in [2.05, 4.69) is 17.4 Å². The Bertz CT molecular complexity index is 750. The average Bonchev–Trinajstić information content (AvgIpc) is 2.46. The van der Waals surface area contributed by atoms with E-state index in [1.807, 2.05) is 26.0 Å². The SMILES string of the molecule is C=C(/C=C/N)c1c(F)ccc(NSc2cc(C)cc(C)c2)c1F. The van der Waals surface area contributed by atoms with E-state index in [-0.39, 0.29) is 16.8 Å². The van der Waals surface area contributed by atoms with E-state index in [0.29, 0.717) is 0 Å². The molecule has 0 fully saturated rings. The van der Waals surface area contributed by atoms with Gasteiger partial charge in [-0.2, -0.15) is 0 Å². The molecule has 0 saturated heterocycles. The lowest BCUT2D eigenvalue weighted by Crippen LogP contribution is -1.99. The summed E-state index contributed by atoms with van der Waals surface area (Å²) in [5, 5.41) is 0. The van der Waals surface area contributed by atoms with Crippen molar-refractivity contribution in [1.82, 2.24) is 0 Å². The molecular weight excluding hydrogens is 314 g/mol. The van der Waals surface area contributed by atoms with Crippen LogP contribution in [0.4, 0.5) is 14.5 Å². The third-order valence-electron chi connectivity index (χ3n) is 3.18. The summed E-state index contributed by atoms with van der Waals surface area (Å²) in [6.45, 7) is 7.63. The van der Waals surface area contributed by atoms with Crippen molar-refractivity contribution >= 4 is 23.2 Å². The van der Waals surface area contributed by atoms with Crippen LogP contribution in [-0.2, 0) is 0 Å². The van der Waals surface area contributed by atoms with Gasteiger partial charge in [-0.05, 0) is 79.0 Å². The molecule has 0 saturated carbocycles. The number of anilines is 1. The van der Waals surface area contributed by atoms with Gasteiger partial charge in [0.15, 0.2) is 5.82 Å². The molecular formula is C18H18F2N2S. The zero-order chi connectivity index (χ0) is 17.0. The minimum atomic E-state index is -0.690. The lowest BCUT2D eigenvalue weighted by Gasteiger charge is -2.12. The smallest absolute Gasteiger partial charge is 0.157 e. The number of allylic oxidation sites excluding steroid dienone is 2. The molecule has 0 bridgehead atoms. The van der Waals surface area contributed by atoms with Crippen molar-refractivity contribution in [1.29, 1.82) is 0 Å². The van der Waals surface area contributed by atoms with Crippen molar-refractivity contribution in [3.8, 4) is 0 Å². The summed E-state index contributed by atoms with van der Waals surface area (Å²) >= 11 is 1.27. The summed E-state index contributed by atoms with van der Waals surface area (Å²) < 4.78 is 31.3. The second kappa shape index (κ2) is 7.33. The first-order valence-corrected chi connectivity index (χ1v) is 7.80. The predicted molar refractivity (Wildman–Crippen MR) is 94.1 cm³/mol. The van der Waals surface area contributed by atoms with E-state index in [1.165, 1.54) is 36.4 Å². The van der Waals surface area contributed by atoms with Crippen LogP contribution in [0.2, 0.25) is 0 Å². The van der Waals surface area contributed by atoms with E-state index in [9.17, 15) is 8.78 Å². The molecule has 0 aliphatic rings. The van der Waals surface area contributed by atoms with Gasteiger partial charge in [-0.15, -0.1) is 0 Å². The van der Waals surface area contributed by atoms with Gasteiger partial charge in [-0.1, -0.05) is 12.6 Å². The largest absolute Gasteiger partial charge is 0.405 e. The van der Waals surface area contributed by atoms with Crippen LogP contribution in [0.15, 0.2) is 54.1 Å². The summed E-state index contributed by atoms with van der Waals surface area (Å²) in [4.78, 5) is 0.952. The lowest BCUT2D eigenvalue weighted by atomic mass is 10.1.